The third-order valence-corrected chi connectivity index (χ3v) is 2.26. The summed E-state index contributed by atoms with van der Waals surface area (Å²) in [7, 11) is 0. The normalized spacial score (nSPS) is 9.76. The fourth-order valence-corrected chi connectivity index (χ4v) is 1.36. The van der Waals surface area contributed by atoms with Gasteiger partial charge in [0.05, 0.1) is 0 Å². The zero-order valence-electron chi connectivity index (χ0n) is 10.7. The van der Waals surface area contributed by atoms with E-state index < -0.39 is 0 Å². The summed E-state index contributed by atoms with van der Waals surface area (Å²) in [5, 5.41) is 9.35. The van der Waals surface area contributed by atoms with Gasteiger partial charge < -0.3 is 20.7 Å². The topological polar surface area (TPSA) is 62.4 Å². The first kappa shape index (κ1) is 16.1. The molecule has 0 aromatic carbocycles. The van der Waals surface area contributed by atoms with E-state index in [1.807, 2.05) is 13.8 Å². The minimum Gasteiger partial charge on any atom is -0.382 e. The van der Waals surface area contributed by atoms with Crippen LogP contribution in [0.3, 0.4) is 0 Å². The second-order valence-corrected chi connectivity index (χ2v) is 3.84. The average Bonchev–Trinajstić information content (AvgIpc) is 2.29. The van der Waals surface area contributed by atoms with E-state index in [0.717, 1.165) is 26.2 Å². The number of rotatable bonds is 9. The molecular formula is C11H23N3O2S. The number of carbonyl (C=O) groups is 1. The summed E-state index contributed by atoms with van der Waals surface area (Å²) >= 11 is 5.05. The van der Waals surface area contributed by atoms with Gasteiger partial charge in [0.2, 0.25) is 5.91 Å². The molecule has 0 spiro atoms. The van der Waals surface area contributed by atoms with Gasteiger partial charge in [0.15, 0.2) is 5.11 Å². The Labute approximate surface area is 109 Å². The maximum Gasteiger partial charge on any atom is 0.221 e. The van der Waals surface area contributed by atoms with Crippen LogP contribution in [0, 0.1) is 0 Å². The highest BCUT2D eigenvalue weighted by atomic mass is 32.1. The fourth-order valence-electron chi connectivity index (χ4n) is 1.16. The van der Waals surface area contributed by atoms with Crippen molar-refractivity contribution < 1.29 is 9.53 Å². The summed E-state index contributed by atoms with van der Waals surface area (Å²) in [4.78, 5) is 11.1. The van der Waals surface area contributed by atoms with Crippen molar-refractivity contribution >= 4 is 23.2 Å². The molecule has 17 heavy (non-hydrogen) atoms. The molecule has 0 atom stereocenters. The Kier molecular flexibility index (Phi) is 11.0. The Hall–Kier alpha value is -0.880. The molecule has 0 saturated carbocycles. The van der Waals surface area contributed by atoms with E-state index in [0.29, 0.717) is 24.6 Å². The summed E-state index contributed by atoms with van der Waals surface area (Å²) in [5.41, 5.74) is 0. The highest BCUT2D eigenvalue weighted by Gasteiger charge is 1.99. The predicted octanol–water partition coefficient (Wildman–Crippen LogP) is 0.403. The zero-order valence-corrected chi connectivity index (χ0v) is 11.5. The molecule has 0 fully saturated rings. The van der Waals surface area contributed by atoms with Crippen molar-refractivity contribution in [3.63, 3.8) is 0 Å². The van der Waals surface area contributed by atoms with E-state index in [1.54, 1.807) is 0 Å². The van der Waals surface area contributed by atoms with Crippen molar-refractivity contribution in [2.45, 2.75) is 26.7 Å². The maximum absolute atomic E-state index is 11.1. The van der Waals surface area contributed by atoms with E-state index >= 15 is 0 Å². The maximum atomic E-state index is 11.1. The second kappa shape index (κ2) is 11.6. The van der Waals surface area contributed by atoms with Crippen LogP contribution in [0.15, 0.2) is 0 Å². The molecule has 6 heteroatoms. The number of hydrogen-bond donors (Lipinski definition) is 3. The van der Waals surface area contributed by atoms with E-state index in [9.17, 15) is 4.79 Å². The summed E-state index contributed by atoms with van der Waals surface area (Å²) in [6.07, 6.45) is 1.36. The first-order chi connectivity index (χ1) is 8.20. The minimum absolute atomic E-state index is 0.0409. The molecule has 0 bridgehead atoms. The molecule has 3 N–H and O–H groups in total. The van der Waals surface area contributed by atoms with Crippen molar-refractivity contribution in [1.29, 1.82) is 0 Å². The Morgan fingerprint density at radius 2 is 1.88 bits per heavy atom. The van der Waals surface area contributed by atoms with Crippen LogP contribution in [0.5, 0.6) is 0 Å². The standard InChI is InChI=1S/C11H23N3O2S/c1-3-12-10(15)6-8-14-11(17)13-7-5-9-16-4-2/h3-9H2,1-2H3,(H,12,15)(H2,13,14,17). The van der Waals surface area contributed by atoms with E-state index in [-0.39, 0.29) is 5.91 Å². The van der Waals surface area contributed by atoms with Gasteiger partial charge in [-0.2, -0.15) is 0 Å². The largest absolute Gasteiger partial charge is 0.382 e. The van der Waals surface area contributed by atoms with Crippen LogP contribution in [-0.4, -0.2) is 43.9 Å². The summed E-state index contributed by atoms with van der Waals surface area (Å²) in [5.74, 6) is 0.0409. The molecule has 0 heterocycles. The molecule has 1 amide bonds. The van der Waals surface area contributed by atoms with Gasteiger partial charge >= 0.3 is 0 Å². The van der Waals surface area contributed by atoms with Crippen LogP contribution in [0.1, 0.15) is 26.7 Å². The smallest absolute Gasteiger partial charge is 0.221 e. The molecule has 0 aliphatic heterocycles. The number of ether oxygens (including phenoxy) is 1. The van der Waals surface area contributed by atoms with Gasteiger partial charge in [0.25, 0.3) is 0 Å². The van der Waals surface area contributed by atoms with Crippen molar-refractivity contribution in [2.24, 2.45) is 0 Å². The van der Waals surface area contributed by atoms with Crippen LogP contribution >= 0.6 is 12.2 Å². The Bertz CT molecular complexity index is 225. The van der Waals surface area contributed by atoms with Crippen LogP contribution in [0.2, 0.25) is 0 Å². The van der Waals surface area contributed by atoms with E-state index in [1.165, 1.54) is 0 Å². The predicted molar refractivity (Wildman–Crippen MR) is 73.0 cm³/mol. The molecule has 0 saturated heterocycles. The molecular weight excluding hydrogens is 238 g/mol. The van der Waals surface area contributed by atoms with Gasteiger partial charge in [-0.3, -0.25) is 4.79 Å². The first-order valence-electron chi connectivity index (χ1n) is 6.06. The molecule has 0 rings (SSSR count). The summed E-state index contributed by atoms with van der Waals surface area (Å²) in [6, 6.07) is 0. The number of hydrogen-bond acceptors (Lipinski definition) is 3. The highest BCUT2D eigenvalue weighted by molar-refractivity contribution is 7.80. The average molecular weight is 261 g/mol. The van der Waals surface area contributed by atoms with Crippen LogP contribution in [0.25, 0.3) is 0 Å². The zero-order chi connectivity index (χ0) is 12.9. The highest BCUT2D eigenvalue weighted by Crippen LogP contribution is 1.81. The van der Waals surface area contributed by atoms with Crippen LogP contribution in [-0.2, 0) is 9.53 Å². The number of nitrogens with one attached hydrogen (secondary N) is 3. The lowest BCUT2D eigenvalue weighted by molar-refractivity contribution is -0.120. The number of amides is 1. The third-order valence-electron chi connectivity index (χ3n) is 1.97. The summed E-state index contributed by atoms with van der Waals surface area (Å²) < 4.78 is 5.20. The fraction of sp³-hybridized carbons (Fsp3) is 0.818. The van der Waals surface area contributed by atoms with Gasteiger partial charge in [-0.05, 0) is 32.5 Å². The van der Waals surface area contributed by atoms with Crippen molar-refractivity contribution in [1.82, 2.24) is 16.0 Å². The Morgan fingerprint density at radius 3 is 2.53 bits per heavy atom. The lowest BCUT2D eigenvalue weighted by Gasteiger charge is -2.10. The minimum atomic E-state index is 0.0409. The Morgan fingerprint density at radius 1 is 1.18 bits per heavy atom. The molecule has 0 aromatic heterocycles. The van der Waals surface area contributed by atoms with Gasteiger partial charge in [-0.25, -0.2) is 0 Å². The number of thiocarbonyl (C=S) groups is 1. The molecule has 100 valence electrons. The molecule has 5 nitrogen and oxygen atoms in total. The second-order valence-electron chi connectivity index (χ2n) is 3.44. The molecule has 0 aromatic rings. The SMILES string of the molecule is CCNC(=O)CCNC(=S)NCCCOCC. The molecule has 0 unspecified atom stereocenters. The molecule has 0 aliphatic rings. The van der Waals surface area contributed by atoms with Crippen molar-refractivity contribution in [3.8, 4) is 0 Å². The first-order valence-corrected chi connectivity index (χ1v) is 6.47. The van der Waals surface area contributed by atoms with Gasteiger partial charge in [-0.1, -0.05) is 0 Å². The number of carbonyl (C=O) groups excluding carboxylic acids is 1. The lowest BCUT2D eigenvalue weighted by Crippen LogP contribution is -2.38. The van der Waals surface area contributed by atoms with Crippen molar-refractivity contribution in [2.75, 3.05) is 32.8 Å². The Balaban J connectivity index is 3.31. The molecule has 0 radical (unpaired) electrons. The monoisotopic (exact) mass is 261 g/mol. The lowest BCUT2D eigenvalue weighted by atomic mass is 10.4. The van der Waals surface area contributed by atoms with Gasteiger partial charge in [-0.15, -0.1) is 0 Å². The summed E-state index contributed by atoms with van der Waals surface area (Å²) in [6.45, 7) is 7.37. The van der Waals surface area contributed by atoms with E-state index in [2.05, 4.69) is 16.0 Å². The third kappa shape index (κ3) is 11.4. The quantitative estimate of drug-likeness (QED) is 0.414. The van der Waals surface area contributed by atoms with E-state index in [4.69, 9.17) is 17.0 Å². The van der Waals surface area contributed by atoms with Gasteiger partial charge in [0.1, 0.15) is 0 Å². The van der Waals surface area contributed by atoms with Crippen molar-refractivity contribution in [3.05, 3.63) is 0 Å². The van der Waals surface area contributed by atoms with Crippen LogP contribution < -0.4 is 16.0 Å². The molecule has 0 aliphatic carbocycles. The van der Waals surface area contributed by atoms with Gasteiger partial charge in [0, 0.05) is 39.3 Å². The van der Waals surface area contributed by atoms with Crippen LogP contribution in [0.4, 0.5) is 0 Å².